The van der Waals surface area contributed by atoms with Gasteiger partial charge in [-0.05, 0) is 127 Å². The van der Waals surface area contributed by atoms with Crippen LogP contribution in [0.1, 0.15) is 55.0 Å². The fraction of sp³-hybridized carbons (Fsp3) is 0.209. The molecule has 214 valence electrons. The number of anilines is 2. The summed E-state index contributed by atoms with van der Waals surface area (Å²) in [4.78, 5) is 2.61. The van der Waals surface area contributed by atoms with E-state index in [0.29, 0.717) is 6.04 Å². The van der Waals surface area contributed by atoms with Crippen molar-refractivity contribution in [2.24, 2.45) is 0 Å². The highest BCUT2D eigenvalue weighted by Crippen LogP contribution is 2.49. The molecule has 3 aliphatic rings. The molecule has 0 spiro atoms. The molecule has 9 rings (SSSR count). The summed E-state index contributed by atoms with van der Waals surface area (Å²) < 4.78 is 0. The second-order valence-electron chi connectivity index (χ2n) is 14.1. The molecule has 1 aliphatic carbocycles. The van der Waals surface area contributed by atoms with E-state index in [1.165, 1.54) is 83.0 Å². The van der Waals surface area contributed by atoms with E-state index < -0.39 is 0 Å². The van der Waals surface area contributed by atoms with Gasteiger partial charge < -0.3 is 4.90 Å². The molecule has 1 nitrogen and oxygen atoms in total. The van der Waals surface area contributed by atoms with Crippen LogP contribution in [-0.4, -0.2) is 6.04 Å². The van der Waals surface area contributed by atoms with E-state index in [-0.39, 0.29) is 5.41 Å². The van der Waals surface area contributed by atoms with E-state index in [4.69, 9.17) is 0 Å². The maximum atomic E-state index is 2.61. The van der Waals surface area contributed by atoms with Gasteiger partial charge in [-0.1, -0.05) is 112 Å². The molecular formula is C43H37N. The number of benzene rings is 6. The van der Waals surface area contributed by atoms with Gasteiger partial charge in [-0.25, -0.2) is 0 Å². The van der Waals surface area contributed by atoms with Crippen LogP contribution in [0.3, 0.4) is 0 Å². The number of allylic oxidation sites excluding steroid dienone is 1. The SMILES string of the molecule is CC(C)(C)c1ccc(-c2ccc3c(c2)CC2Cc4cc(-c5cccc6c7c(c8ccccc8c56)CCC=C7)ccc4N32)cc1. The van der Waals surface area contributed by atoms with Crippen LogP contribution in [0.5, 0.6) is 0 Å². The number of nitrogens with zero attached hydrogens (tertiary/aromatic N) is 1. The van der Waals surface area contributed by atoms with Gasteiger partial charge in [0.2, 0.25) is 0 Å². The average molecular weight is 568 g/mol. The Hall–Kier alpha value is -4.62. The summed E-state index contributed by atoms with van der Waals surface area (Å²) in [6.07, 6.45) is 9.14. The summed E-state index contributed by atoms with van der Waals surface area (Å²) in [7, 11) is 0. The van der Waals surface area contributed by atoms with Gasteiger partial charge in [0.05, 0.1) is 0 Å². The highest BCUT2D eigenvalue weighted by Gasteiger charge is 2.37. The van der Waals surface area contributed by atoms with Gasteiger partial charge in [0.15, 0.2) is 0 Å². The molecule has 6 aromatic carbocycles. The van der Waals surface area contributed by atoms with Crippen molar-refractivity contribution in [1.82, 2.24) is 0 Å². The predicted molar refractivity (Wildman–Crippen MR) is 188 cm³/mol. The van der Waals surface area contributed by atoms with Crippen LogP contribution < -0.4 is 4.90 Å². The predicted octanol–water partition coefficient (Wildman–Crippen LogP) is 11.2. The molecule has 0 fully saturated rings. The van der Waals surface area contributed by atoms with Gasteiger partial charge >= 0.3 is 0 Å². The second kappa shape index (κ2) is 9.44. The molecule has 0 N–H and O–H groups in total. The fourth-order valence-corrected chi connectivity index (χ4v) is 8.23. The molecular weight excluding hydrogens is 530 g/mol. The first-order valence-corrected chi connectivity index (χ1v) is 16.2. The normalized spacial score (nSPS) is 16.7. The van der Waals surface area contributed by atoms with E-state index in [2.05, 4.69) is 141 Å². The van der Waals surface area contributed by atoms with Crippen LogP contribution in [0.15, 0.2) is 109 Å². The van der Waals surface area contributed by atoms with Gasteiger partial charge in [0.1, 0.15) is 0 Å². The van der Waals surface area contributed by atoms with Gasteiger partial charge in [-0.2, -0.15) is 0 Å². The lowest BCUT2D eigenvalue weighted by Gasteiger charge is -2.22. The molecule has 2 aliphatic heterocycles. The third-order valence-corrected chi connectivity index (χ3v) is 10.4. The Balaban J connectivity index is 1.10. The highest BCUT2D eigenvalue weighted by molar-refractivity contribution is 6.18. The van der Waals surface area contributed by atoms with Crippen molar-refractivity contribution < 1.29 is 0 Å². The molecule has 0 radical (unpaired) electrons. The molecule has 6 aromatic rings. The van der Waals surface area contributed by atoms with Crippen LogP contribution in [0, 0.1) is 0 Å². The molecule has 2 heterocycles. The first kappa shape index (κ1) is 25.8. The van der Waals surface area contributed by atoms with E-state index in [1.807, 2.05) is 0 Å². The molecule has 0 amide bonds. The van der Waals surface area contributed by atoms with Crippen molar-refractivity contribution in [2.75, 3.05) is 4.90 Å². The molecule has 0 saturated heterocycles. The summed E-state index contributed by atoms with van der Waals surface area (Å²) in [5.74, 6) is 0. The standard InChI is InChI=1S/C43H37N/c1-43(2,3)32-19-15-27(16-20-32)28-17-21-40-30(23-28)25-33-26-31-24-29(18-22-41(31)44(33)40)34-13-8-14-39-37-10-5-4-9-35(37)36-11-6-7-12-38(36)42(34)39/h5-8,10-24,33H,4,9,25-26H2,1-3H3. The van der Waals surface area contributed by atoms with Crippen LogP contribution in [0.25, 0.3) is 49.9 Å². The average Bonchev–Trinajstić information content (AvgIpc) is 3.59. The zero-order valence-corrected chi connectivity index (χ0v) is 25.8. The Morgan fingerprint density at radius 2 is 1.30 bits per heavy atom. The number of hydrogen-bond donors (Lipinski definition) is 0. The number of aryl methyl sites for hydroxylation is 1. The molecule has 1 unspecified atom stereocenters. The van der Waals surface area contributed by atoms with Crippen LogP contribution >= 0.6 is 0 Å². The first-order valence-electron chi connectivity index (χ1n) is 16.2. The van der Waals surface area contributed by atoms with Crippen molar-refractivity contribution in [3.63, 3.8) is 0 Å². The number of hydrogen-bond acceptors (Lipinski definition) is 1. The van der Waals surface area contributed by atoms with Crippen molar-refractivity contribution in [1.29, 1.82) is 0 Å². The third kappa shape index (κ3) is 3.85. The quantitative estimate of drug-likeness (QED) is 0.188. The Morgan fingerprint density at radius 3 is 2.05 bits per heavy atom. The van der Waals surface area contributed by atoms with Gasteiger partial charge in [-0.15, -0.1) is 0 Å². The maximum Gasteiger partial charge on any atom is 0.0447 e. The molecule has 0 saturated carbocycles. The van der Waals surface area contributed by atoms with Crippen LogP contribution in [-0.2, 0) is 24.7 Å². The Labute approximate surface area is 260 Å². The van der Waals surface area contributed by atoms with Crippen LogP contribution in [0.2, 0.25) is 0 Å². The van der Waals surface area contributed by atoms with Crippen molar-refractivity contribution >= 4 is 39.0 Å². The van der Waals surface area contributed by atoms with Crippen molar-refractivity contribution in [3.8, 4) is 22.3 Å². The molecule has 1 atom stereocenters. The van der Waals surface area contributed by atoms with Gasteiger partial charge in [-0.3, -0.25) is 0 Å². The Bertz CT molecular complexity index is 2160. The van der Waals surface area contributed by atoms with Gasteiger partial charge in [0, 0.05) is 17.4 Å². The van der Waals surface area contributed by atoms with Crippen molar-refractivity contribution in [3.05, 3.63) is 137 Å². The molecule has 1 heteroatoms. The maximum absolute atomic E-state index is 2.61. The largest absolute Gasteiger partial charge is 0.337 e. The van der Waals surface area contributed by atoms with E-state index in [0.717, 1.165) is 25.7 Å². The van der Waals surface area contributed by atoms with E-state index >= 15 is 0 Å². The van der Waals surface area contributed by atoms with Gasteiger partial charge in [0.25, 0.3) is 0 Å². The second-order valence-corrected chi connectivity index (χ2v) is 14.1. The summed E-state index contributed by atoms with van der Waals surface area (Å²) in [5, 5.41) is 5.56. The summed E-state index contributed by atoms with van der Waals surface area (Å²) in [6, 6.07) is 40.0. The van der Waals surface area contributed by atoms with E-state index in [9.17, 15) is 0 Å². The Kier molecular flexibility index (Phi) is 5.54. The molecule has 0 bridgehead atoms. The topological polar surface area (TPSA) is 3.24 Å². The van der Waals surface area contributed by atoms with Crippen LogP contribution in [0.4, 0.5) is 11.4 Å². The minimum atomic E-state index is 0.173. The lowest BCUT2D eigenvalue weighted by molar-refractivity contribution is 0.590. The monoisotopic (exact) mass is 567 g/mol. The summed E-state index contributed by atoms with van der Waals surface area (Å²) in [5.41, 5.74) is 15.5. The molecule has 44 heavy (non-hydrogen) atoms. The highest BCUT2D eigenvalue weighted by atomic mass is 15.2. The lowest BCUT2D eigenvalue weighted by Crippen LogP contribution is -2.22. The number of rotatable bonds is 2. The third-order valence-electron chi connectivity index (χ3n) is 10.4. The number of fused-ring (bicyclic) bond motifs is 11. The summed E-state index contributed by atoms with van der Waals surface area (Å²) >= 11 is 0. The van der Waals surface area contributed by atoms with Crippen molar-refractivity contribution in [2.45, 2.75) is 57.9 Å². The Morgan fingerprint density at radius 1 is 0.636 bits per heavy atom. The molecule has 0 aromatic heterocycles. The fourth-order valence-electron chi connectivity index (χ4n) is 8.23. The lowest BCUT2D eigenvalue weighted by atomic mass is 9.84. The summed E-state index contributed by atoms with van der Waals surface area (Å²) in [6.45, 7) is 6.83. The zero-order chi connectivity index (χ0) is 29.6. The zero-order valence-electron chi connectivity index (χ0n) is 25.8. The smallest absolute Gasteiger partial charge is 0.0447 e. The first-order chi connectivity index (χ1) is 21.4. The van der Waals surface area contributed by atoms with E-state index in [1.54, 1.807) is 0 Å². The minimum absolute atomic E-state index is 0.173. The minimum Gasteiger partial charge on any atom is -0.337 e.